The number of nitrogens with zero attached hydrogens (tertiary/aromatic N) is 3. The summed E-state index contributed by atoms with van der Waals surface area (Å²) in [6.07, 6.45) is 0. The first-order chi connectivity index (χ1) is 21.6. The molecule has 0 saturated heterocycles. The van der Waals surface area contributed by atoms with Crippen LogP contribution in [-0.2, 0) is 5.41 Å². The molecule has 9 rings (SSSR count). The lowest BCUT2D eigenvalue weighted by molar-refractivity contribution is 0.661. The van der Waals surface area contributed by atoms with E-state index in [0.29, 0.717) is 0 Å². The van der Waals surface area contributed by atoms with Crippen molar-refractivity contribution in [1.82, 2.24) is 14.5 Å². The van der Waals surface area contributed by atoms with Gasteiger partial charge < -0.3 is 4.57 Å². The van der Waals surface area contributed by atoms with Crippen molar-refractivity contribution in [2.75, 3.05) is 0 Å². The minimum Gasteiger partial charge on any atom is -0.309 e. The molecule has 1 aliphatic rings. The lowest BCUT2D eigenvalue weighted by atomic mass is 9.82. The summed E-state index contributed by atoms with van der Waals surface area (Å²) in [5.74, 6) is 0. The third-order valence-corrected chi connectivity index (χ3v) is 9.38. The van der Waals surface area contributed by atoms with E-state index in [1.807, 2.05) is 12.1 Å². The maximum Gasteiger partial charge on any atom is 0.0973 e. The molecule has 0 unspecified atom stereocenters. The zero-order chi connectivity index (χ0) is 29.4. The number of rotatable bonds is 3. The standard InChI is InChI=1S/C41H29N3/c1-41(2)33-19-11-9-17-29(33)31-25-38-32(24-34(31)41)30-18-10-12-20-37(30)44(38)28-21-22-35-36(23-28)43-40(27-15-7-4-8-16-27)39(42-35)26-13-5-3-6-14-26/h3-25H,1-2H3. The van der Waals surface area contributed by atoms with Crippen molar-refractivity contribution in [3.8, 4) is 39.3 Å². The van der Waals surface area contributed by atoms with Gasteiger partial charge in [-0.25, -0.2) is 9.97 Å². The zero-order valence-electron chi connectivity index (χ0n) is 24.6. The van der Waals surface area contributed by atoms with Gasteiger partial charge in [0.1, 0.15) is 0 Å². The van der Waals surface area contributed by atoms with Crippen molar-refractivity contribution in [1.29, 1.82) is 0 Å². The van der Waals surface area contributed by atoms with Gasteiger partial charge in [-0.3, -0.25) is 0 Å². The summed E-state index contributed by atoms with van der Waals surface area (Å²) in [7, 11) is 0. The summed E-state index contributed by atoms with van der Waals surface area (Å²) in [6, 6.07) is 49.7. The number of hydrogen-bond donors (Lipinski definition) is 0. The average molecular weight is 564 g/mol. The van der Waals surface area contributed by atoms with E-state index < -0.39 is 0 Å². The Hall–Kier alpha value is -5.54. The van der Waals surface area contributed by atoms with Crippen molar-refractivity contribution < 1.29 is 0 Å². The highest BCUT2D eigenvalue weighted by molar-refractivity contribution is 6.11. The first-order valence-corrected chi connectivity index (χ1v) is 15.2. The molecule has 0 radical (unpaired) electrons. The van der Waals surface area contributed by atoms with Crippen LogP contribution in [0, 0.1) is 0 Å². The fourth-order valence-electron chi connectivity index (χ4n) is 7.22. The molecule has 0 N–H and O–H groups in total. The van der Waals surface area contributed by atoms with Crippen LogP contribution in [-0.4, -0.2) is 14.5 Å². The fourth-order valence-corrected chi connectivity index (χ4v) is 7.22. The second-order valence-corrected chi connectivity index (χ2v) is 12.3. The summed E-state index contributed by atoms with van der Waals surface area (Å²) in [5.41, 5.74) is 14.5. The maximum absolute atomic E-state index is 5.28. The third-order valence-electron chi connectivity index (χ3n) is 9.38. The predicted octanol–water partition coefficient (Wildman–Crippen LogP) is 10.4. The van der Waals surface area contributed by atoms with Crippen LogP contribution in [0.1, 0.15) is 25.0 Å². The van der Waals surface area contributed by atoms with Gasteiger partial charge in [0.2, 0.25) is 0 Å². The Morgan fingerprint density at radius 1 is 0.477 bits per heavy atom. The second kappa shape index (κ2) is 9.23. The second-order valence-electron chi connectivity index (χ2n) is 12.3. The first kappa shape index (κ1) is 25.0. The van der Waals surface area contributed by atoms with E-state index in [4.69, 9.17) is 9.97 Å². The number of aromatic nitrogens is 3. The van der Waals surface area contributed by atoms with Crippen LogP contribution in [0.3, 0.4) is 0 Å². The third kappa shape index (κ3) is 3.56. The van der Waals surface area contributed by atoms with Crippen molar-refractivity contribution in [2.45, 2.75) is 19.3 Å². The molecule has 0 fully saturated rings. The van der Waals surface area contributed by atoms with Gasteiger partial charge in [0.15, 0.2) is 0 Å². The van der Waals surface area contributed by atoms with Crippen LogP contribution in [0.25, 0.3) is 72.2 Å². The fraction of sp³-hybridized carbons (Fsp3) is 0.0732. The molecule has 0 amide bonds. The van der Waals surface area contributed by atoms with Gasteiger partial charge in [0, 0.05) is 33.0 Å². The lowest BCUT2D eigenvalue weighted by Gasteiger charge is -2.21. The SMILES string of the molecule is CC1(C)c2ccccc2-c2cc3c(cc21)c1ccccc1n3-c1ccc2nc(-c3ccccc3)c(-c3ccccc3)nc2c1. The van der Waals surface area contributed by atoms with E-state index in [9.17, 15) is 0 Å². The Bertz CT molecular complexity index is 2400. The van der Waals surface area contributed by atoms with Crippen molar-refractivity contribution >= 4 is 32.8 Å². The molecule has 3 nitrogen and oxygen atoms in total. The molecular weight excluding hydrogens is 534 g/mol. The Labute approximate surface area is 256 Å². The Kier molecular flexibility index (Phi) is 5.24. The highest BCUT2D eigenvalue weighted by atomic mass is 15.0. The highest BCUT2D eigenvalue weighted by Crippen LogP contribution is 2.51. The van der Waals surface area contributed by atoms with Gasteiger partial charge in [-0.15, -0.1) is 0 Å². The Morgan fingerprint density at radius 3 is 1.86 bits per heavy atom. The monoisotopic (exact) mass is 563 g/mol. The summed E-state index contributed by atoms with van der Waals surface area (Å²) in [4.78, 5) is 10.5. The molecule has 0 atom stereocenters. The smallest absolute Gasteiger partial charge is 0.0973 e. The Balaban J connectivity index is 1.31. The van der Waals surface area contributed by atoms with E-state index in [1.165, 1.54) is 44.1 Å². The average Bonchev–Trinajstić information content (AvgIpc) is 3.52. The minimum absolute atomic E-state index is 0.0494. The van der Waals surface area contributed by atoms with Crippen molar-refractivity contribution in [3.63, 3.8) is 0 Å². The van der Waals surface area contributed by atoms with Gasteiger partial charge >= 0.3 is 0 Å². The quantitative estimate of drug-likeness (QED) is 0.214. The van der Waals surface area contributed by atoms with E-state index in [1.54, 1.807) is 0 Å². The maximum atomic E-state index is 5.28. The molecule has 1 aliphatic carbocycles. The summed E-state index contributed by atoms with van der Waals surface area (Å²) < 4.78 is 2.40. The van der Waals surface area contributed by atoms with Crippen LogP contribution >= 0.6 is 0 Å². The summed E-state index contributed by atoms with van der Waals surface area (Å²) in [5, 5.41) is 2.53. The van der Waals surface area contributed by atoms with Crippen molar-refractivity contribution in [2.24, 2.45) is 0 Å². The number of fused-ring (bicyclic) bond motifs is 7. The largest absolute Gasteiger partial charge is 0.309 e. The molecule has 2 heterocycles. The van der Waals surface area contributed by atoms with E-state index in [0.717, 1.165) is 39.2 Å². The number of benzene rings is 6. The topological polar surface area (TPSA) is 30.7 Å². The molecule has 3 heteroatoms. The summed E-state index contributed by atoms with van der Waals surface area (Å²) >= 11 is 0. The predicted molar refractivity (Wildman–Crippen MR) is 182 cm³/mol. The normalized spacial score (nSPS) is 13.4. The van der Waals surface area contributed by atoms with Gasteiger partial charge in [0.05, 0.1) is 33.5 Å². The zero-order valence-corrected chi connectivity index (χ0v) is 24.6. The molecule has 0 aliphatic heterocycles. The van der Waals surface area contributed by atoms with E-state index in [2.05, 4.69) is 146 Å². The lowest BCUT2D eigenvalue weighted by Crippen LogP contribution is -2.14. The van der Waals surface area contributed by atoms with Gasteiger partial charge in [-0.2, -0.15) is 0 Å². The molecule has 8 aromatic rings. The molecule has 2 aromatic heterocycles. The van der Waals surface area contributed by atoms with Crippen LogP contribution in [0.5, 0.6) is 0 Å². The first-order valence-electron chi connectivity index (χ1n) is 15.2. The van der Waals surface area contributed by atoms with Crippen LogP contribution in [0.15, 0.2) is 140 Å². The number of para-hydroxylation sites is 1. The van der Waals surface area contributed by atoms with E-state index in [-0.39, 0.29) is 5.41 Å². The van der Waals surface area contributed by atoms with E-state index >= 15 is 0 Å². The molecule has 0 bridgehead atoms. The number of hydrogen-bond acceptors (Lipinski definition) is 2. The summed E-state index contributed by atoms with van der Waals surface area (Å²) in [6.45, 7) is 4.69. The molecule has 6 aromatic carbocycles. The molecule has 0 saturated carbocycles. The molecular formula is C41H29N3. The minimum atomic E-state index is -0.0494. The molecule has 44 heavy (non-hydrogen) atoms. The molecule has 0 spiro atoms. The van der Waals surface area contributed by atoms with Crippen LogP contribution in [0.4, 0.5) is 0 Å². The van der Waals surface area contributed by atoms with Gasteiger partial charge in [-0.1, -0.05) is 117 Å². The Morgan fingerprint density at radius 2 is 1.11 bits per heavy atom. The molecule has 208 valence electrons. The van der Waals surface area contributed by atoms with Crippen molar-refractivity contribution in [3.05, 3.63) is 151 Å². The van der Waals surface area contributed by atoms with Crippen LogP contribution in [0.2, 0.25) is 0 Å². The highest BCUT2D eigenvalue weighted by Gasteiger charge is 2.36. The van der Waals surface area contributed by atoms with Crippen LogP contribution < -0.4 is 0 Å². The van der Waals surface area contributed by atoms with Gasteiger partial charge in [-0.05, 0) is 58.7 Å². The van der Waals surface area contributed by atoms with Gasteiger partial charge in [0.25, 0.3) is 0 Å².